The fourth-order valence-electron chi connectivity index (χ4n) is 4.95. The molecule has 208 valence electrons. The Morgan fingerprint density at radius 1 is 1.03 bits per heavy atom. The van der Waals surface area contributed by atoms with E-state index in [2.05, 4.69) is 16.2 Å². The van der Waals surface area contributed by atoms with E-state index in [1.54, 1.807) is 0 Å². The molecule has 2 aromatic rings. The summed E-state index contributed by atoms with van der Waals surface area (Å²) in [5.41, 5.74) is 7.81. The Labute approximate surface area is 228 Å². The first kappa shape index (κ1) is 28.3. The summed E-state index contributed by atoms with van der Waals surface area (Å²) < 4.78 is 5.58. The molecular formula is C29H36N4O6. The molecule has 0 aliphatic carbocycles. The number of hydrogen-bond donors (Lipinski definition) is 3. The van der Waals surface area contributed by atoms with Gasteiger partial charge < -0.3 is 10.1 Å². The summed E-state index contributed by atoms with van der Waals surface area (Å²) in [6.45, 7) is 4.26. The molecule has 4 rings (SSSR count). The molecule has 10 nitrogen and oxygen atoms in total. The Bertz CT molecular complexity index is 1150. The fourth-order valence-corrected chi connectivity index (χ4v) is 4.95. The number of benzene rings is 2. The Morgan fingerprint density at radius 2 is 1.77 bits per heavy atom. The van der Waals surface area contributed by atoms with Gasteiger partial charge in [0, 0.05) is 13.0 Å². The number of imide groups is 1. The molecule has 3 N–H and O–H groups in total. The second-order valence-corrected chi connectivity index (χ2v) is 10.3. The van der Waals surface area contributed by atoms with Crippen LogP contribution in [0.5, 0.6) is 0 Å². The van der Waals surface area contributed by atoms with E-state index in [4.69, 9.17) is 9.57 Å². The second-order valence-electron chi connectivity index (χ2n) is 10.3. The highest BCUT2D eigenvalue weighted by Crippen LogP contribution is 2.31. The van der Waals surface area contributed by atoms with Gasteiger partial charge in [-0.15, -0.1) is 0 Å². The first-order valence-corrected chi connectivity index (χ1v) is 13.4. The number of hydrogen-bond acceptors (Lipinski definition) is 6. The topological polar surface area (TPSA) is 126 Å². The van der Waals surface area contributed by atoms with Gasteiger partial charge in [0.05, 0.1) is 11.8 Å². The summed E-state index contributed by atoms with van der Waals surface area (Å²) in [6, 6.07) is 16.9. The molecule has 0 spiro atoms. The summed E-state index contributed by atoms with van der Waals surface area (Å²) in [6.07, 6.45) is 2.55. The van der Waals surface area contributed by atoms with E-state index in [-0.39, 0.29) is 18.9 Å². The van der Waals surface area contributed by atoms with Gasteiger partial charge in [-0.1, -0.05) is 68.4 Å². The maximum Gasteiger partial charge on any atom is 0.343 e. The molecule has 2 aliphatic heterocycles. The quantitative estimate of drug-likeness (QED) is 0.299. The Morgan fingerprint density at radius 3 is 2.44 bits per heavy atom. The van der Waals surface area contributed by atoms with Crippen LogP contribution in [0, 0.1) is 17.8 Å². The predicted octanol–water partition coefficient (Wildman–Crippen LogP) is 3.33. The van der Waals surface area contributed by atoms with Crippen molar-refractivity contribution >= 4 is 23.8 Å². The van der Waals surface area contributed by atoms with Crippen molar-refractivity contribution in [2.24, 2.45) is 17.8 Å². The molecule has 2 saturated heterocycles. The van der Waals surface area contributed by atoms with Crippen LogP contribution in [0.25, 0.3) is 11.1 Å². The zero-order valence-electron chi connectivity index (χ0n) is 22.4. The third-order valence-electron chi connectivity index (χ3n) is 6.92. The first-order valence-electron chi connectivity index (χ1n) is 13.4. The van der Waals surface area contributed by atoms with E-state index in [9.17, 15) is 19.2 Å². The minimum Gasteiger partial charge on any atom is -0.350 e. The normalized spacial score (nSPS) is 18.9. The lowest BCUT2D eigenvalue weighted by molar-refractivity contribution is -0.203. The van der Waals surface area contributed by atoms with Crippen LogP contribution in [0.2, 0.25) is 0 Å². The van der Waals surface area contributed by atoms with Crippen LogP contribution < -0.4 is 16.2 Å². The van der Waals surface area contributed by atoms with Gasteiger partial charge in [-0.25, -0.2) is 15.1 Å². The SMILES string of the molecule is CC(C)C[C@@H](C(=O)NN1C(=O)CNC1=O)[C@H](Cc1ccccc1-c1ccccc1)C(=O)NOC1CCCCO1. The highest BCUT2D eigenvalue weighted by molar-refractivity contribution is 6.03. The van der Waals surface area contributed by atoms with Gasteiger partial charge in [-0.05, 0) is 48.3 Å². The third-order valence-corrected chi connectivity index (χ3v) is 6.92. The molecule has 10 heteroatoms. The van der Waals surface area contributed by atoms with Gasteiger partial charge in [0.2, 0.25) is 11.8 Å². The summed E-state index contributed by atoms with van der Waals surface area (Å²) >= 11 is 0. The second kappa shape index (κ2) is 13.3. The van der Waals surface area contributed by atoms with Crippen molar-refractivity contribution in [3.63, 3.8) is 0 Å². The summed E-state index contributed by atoms with van der Waals surface area (Å²) in [5, 5.41) is 3.06. The lowest BCUT2D eigenvalue weighted by Gasteiger charge is -2.29. The van der Waals surface area contributed by atoms with Crippen molar-refractivity contribution in [1.29, 1.82) is 0 Å². The van der Waals surface area contributed by atoms with Gasteiger partial charge in [0.25, 0.3) is 5.91 Å². The lowest BCUT2D eigenvalue weighted by Crippen LogP contribution is -2.52. The van der Waals surface area contributed by atoms with Crippen LogP contribution in [0.15, 0.2) is 54.6 Å². The van der Waals surface area contributed by atoms with Crippen LogP contribution in [0.4, 0.5) is 4.79 Å². The molecular weight excluding hydrogens is 500 g/mol. The van der Waals surface area contributed by atoms with Gasteiger partial charge in [0.1, 0.15) is 6.54 Å². The van der Waals surface area contributed by atoms with E-state index in [1.165, 1.54) is 0 Å². The molecule has 5 amide bonds. The molecule has 2 heterocycles. The largest absolute Gasteiger partial charge is 0.350 e. The van der Waals surface area contributed by atoms with E-state index >= 15 is 0 Å². The van der Waals surface area contributed by atoms with Crippen LogP contribution in [0.1, 0.15) is 45.1 Å². The number of hydroxylamine groups is 1. The van der Waals surface area contributed by atoms with Crippen molar-refractivity contribution in [1.82, 2.24) is 21.2 Å². The number of urea groups is 1. The van der Waals surface area contributed by atoms with Crippen molar-refractivity contribution in [3.8, 4) is 11.1 Å². The summed E-state index contributed by atoms with van der Waals surface area (Å²) in [4.78, 5) is 57.1. The van der Waals surface area contributed by atoms with E-state index in [0.717, 1.165) is 29.5 Å². The Kier molecular flexibility index (Phi) is 9.67. The van der Waals surface area contributed by atoms with Gasteiger partial charge in [-0.2, -0.15) is 5.01 Å². The van der Waals surface area contributed by atoms with Crippen LogP contribution in [-0.4, -0.2) is 48.2 Å². The number of hydrazine groups is 1. The number of nitrogens with one attached hydrogen (secondary N) is 3. The average molecular weight is 537 g/mol. The van der Waals surface area contributed by atoms with E-state index in [0.29, 0.717) is 24.5 Å². The molecule has 0 aromatic heterocycles. The van der Waals surface area contributed by atoms with Crippen molar-refractivity contribution in [2.45, 2.75) is 52.2 Å². The molecule has 0 radical (unpaired) electrons. The number of rotatable bonds is 11. The smallest absolute Gasteiger partial charge is 0.343 e. The maximum atomic E-state index is 13.7. The molecule has 0 saturated carbocycles. The third kappa shape index (κ3) is 7.42. The Hall–Kier alpha value is -3.76. The number of carbonyl (C=O) groups excluding carboxylic acids is 4. The number of carbonyl (C=O) groups is 4. The molecule has 39 heavy (non-hydrogen) atoms. The van der Waals surface area contributed by atoms with Crippen molar-refractivity contribution < 1.29 is 28.8 Å². The predicted molar refractivity (Wildman–Crippen MR) is 143 cm³/mol. The number of amides is 5. The highest BCUT2D eigenvalue weighted by Gasteiger charge is 2.39. The maximum absolute atomic E-state index is 13.7. The molecule has 2 aromatic carbocycles. The van der Waals surface area contributed by atoms with E-state index in [1.807, 2.05) is 68.4 Å². The fraction of sp³-hybridized carbons (Fsp3) is 0.448. The van der Waals surface area contributed by atoms with Gasteiger partial charge >= 0.3 is 6.03 Å². The summed E-state index contributed by atoms with van der Waals surface area (Å²) in [7, 11) is 0. The van der Waals surface area contributed by atoms with E-state index < -0.39 is 41.9 Å². The lowest BCUT2D eigenvalue weighted by atomic mass is 9.79. The van der Waals surface area contributed by atoms with Gasteiger partial charge in [0.15, 0.2) is 6.29 Å². The zero-order chi connectivity index (χ0) is 27.8. The molecule has 2 fully saturated rings. The van der Waals surface area contributed by atoms with Crippen molar-refractivity contribution in [2.75, 3.05) is 13.2 Å². The van der Waals surface area contributed by atoms with Crippen LogP contribution in [0.3, 0.4) is 0 Å². The van der Waals surface area contributed by atoms with Crippen LogP contribution in [-0.2, 0) is 30.4 Å². The summed E-state index contributed by atoms with van der Waals surface area (Å²) in [5.74, 6) is -3.28. The molecule has 3 atom stereocenters. The van der Waals surface area contributed by atoms with Crippen LogP contribution >= 0.6 is 0 Å². The van der Waals surface area contributed by atoms with Crippen molar-refractivity contribution in [3.05, 3.63) is 60.2 Å². The molecule has 2 aliphatic rings. The minimum atomic E-state index is -0.860. The monoisotopic (exact) mass is 536 g/mol. The highest BCUT2D eigenvalue weighted by atomic mass is 16.8. The van der Waals surface area contributed by atoms with Gasteiger partial charge in [-0.3, -0.25) is 19.8 Å². The minimum absolute atomic E-state index is 0.0473. The standard InChI is InChI=1S/C29H36N4O6/c1-19(2)16-23(27(35)31-33-25(34)18-30-29(33)37)24(28(36)32-39-26-14-8-9-15-38-26)17-21-12-6-7-13-22(21)20-10-4-3-5-11-20/h3-7,10-13,19,23-24,26H,8-9,14-18H2,1-2H3,(H,30,37)(H,31,35)(H,32,36)/t23-,24+,26?/m1/s1. The first-order chi connectivity index (χ1) is 18.8. The zero-order valence-corrected chi connectivity index (χ0v) is 22.4. The Balaban J connectivity index is 1.63. The number of ether oxygens (including phenoxy) is 1. The molecule has 0 bridgehead atoms. The molecule has 1 unspecified atom stereocenters. The number of nitrogens with zero attached hydrogens (tertiary/aromatic N) is 1. The average Bonchev–Trinajstić information content (AvgIpc) is 3.26.